The standard InChI is InChI=1S/C34H37N3O6S/c1-42-30-20-18-27(19-21-30)24-37(32(38)25-36(44(3,40)41)23-26-12-6-4-7-13-26)33(28-14-8-5-9-15-28)34(39)35-22-29-16-10-11-17-31(29)43-2/h4-21,33H,22-25H2,1-3H3,(H,35,39)/t33-/m0/s1. The van der Waals surface area contributed by atoms with Gasteiger partial charge >= 0.3 is 0 Å². The summed E-state index contributed by atoms with van der Waals surface area (Å²) in [5, 5.41) is 2.97. The summed E-state index contributed by atoms with van der Waals surface area (Å²) in [6.45, 7) is -0.224. The fourth-order valence-corrected chi connectivity index (χ4v) is 5.53. The summed E-state index contributed by atoms with van der Waals surface area (Å²) in [4.78, 5) is 29.7. The van der Waals surface area contributed by atoms with Gasteiger partial charge in [0.15, 0.2) is 0 Å². The van der Waals surface area contributed by atoms with E-state index in [1.807, 2.05) is 60.7 Å². The maximum absolute atomic E-state index is 14.2. The summed E-state index contributed by atoms with van der Waals surface area (Å²) in [6.07, 6.45) is 1.08. The summed E-state index contributed by atoms with van der Waals surface area (Å²) >= 11 is 0. The van der Waals surface area contributed by atoms with Crippen molar-refractivity contribution in [3.63, 3.8) is 0 Å². The molecule has 0 spiro atoms. The molecule has 0 aliphatic rings. The van der Waals surface area contributed by atoms with Gasteiger partial charge in [0.25, 0.3) is 0 Å². The van der Waals surface area contributed by atoms with Gasteiger partial charge in [-0.1, -0.05) is 91.0 Å². The molecule has 1 atom stereocenters. The molecule has 4 aromatic rings. The van der Waals surface area contributed by atoms with Gasteiger partial charge < -0.3 is 19.7 Å². The Morgan fingerprint density at radius 2 is 1.34 bits per heavy atom. The van der Waals surface area contributed by atoms with Crippen LogP contribution in [-0.4, -0.2) is 56.5 Å². The highest BCUT2D eigenvalue weighted by Crippen LogP contribution is 2.26. The average molecular weight is 616 g/mol. The summed E-state index contributed by atoms with van der Waals surface area (Å²) in [5.41, 5.74) is 2.84. The molecule has 9 nitrogen and oxygen atoms in total. The lowest BCUT2D eigenvalue weighted by Crippen LogP contribution is -2.47. The summed E-state index contributed by atoms with van der Waals surface area (Å²) < 4.78 is 37.6. The Morgan fingerprint density at radius 1 is 0.750 bits per heavy atom. The van der Waals surface area contributed by atoms with Crippen molar-refractivity contribution in [3.05, 3.63) is 131 Å². The number of ether oxygens (including phenoxy) is 2. The molecular formula is C34H37N3O6S. The highest BCUT2D eigenvalue weighted by molar-refractivity contribution is 7.88. The first-order valence-electron chi connectivity index (χ1n) is 14.1. The Morgan fingerprint density at radius 3 is 1.95 bits per heavy atom. The fraction of sp³-hybridized carbons (Fsp3) is 0.235. The number of sulfonamides is 1. The molecule has 230 valence electrons. The van der Waals surface area contributed by atoms with Crippen LogP contribution in [0.5, 0.6) is 11.5 Å². The van der Waals surface area contributed by atoms with Crippen LogP contribution in [0.4, 0.5) is 0 Å². The molecule has 4 aromatic carbocycles. The number of rotatable bonds is 14. The monoisotopic (exact) mass is 615 g/mol. The Balaban J connectivity index is 1.71. The third-order valence-corrected chi connectivity index (χ3v) is 8.33. The molecule has 0 radical (unpaired) electrons. The molecule has 44 heavy (non-hydrogen) atoms. The van der Waals surface area contributed by atoms with Crippen molar-refractivity contribution in [3.8, 4) is 11.5 Å². The average Bonchev–Trinajstić information content (AvgIpc) is 3.04. The molecule has 0 aliphatic heterocycles. The molecule has 0 fully saturated rings. The van der Waals surface area contributed by atoms with Crippen LogP contribution in [-0.2, 0) is 39.2 Å². The first-order valence-corrected chi connectivity index (χ1v) is 15.9. The molecule has 0 saturated heterocycles. The second-order valence-electron chi connectivity index (χ2n) is 10.2. The smallest absolute Gasteiger partial charge is 0.247 e. The van der Waals surface area contributed by atoms with Crippen LogP contribution >= 0.6 is 0 Å². The van der Waals surface area contributed by atoms with Crippen LogP contribution in [0.3, 0.4) is 0 Å². The molecule has 0 bridgehead atoms. The van der Waals surface area contributed by atoms with Crippen molar-refractivity contribution in [1.29, 1.82) is 0 Å². The van der Waals surface area contributed by atoms with E-state index >= 15 is 0 Å². The van der Waals surface area contributed by atoms with Crippen LogP contribution in [0.1, 0.15) is 28.3 Å². The summed E-state index contributed by atoms with van der Waals surface area (Å²) in [7, 11) is -0.658. The van der Waals surface area contributed by atoms with E-state index in [-0.39, 0.29) is 19.6 Å². The number of methoxy groups -OCH3 is 2. The zero-order chi connectivity index (χ0) is 31.5. The fourth-order valence-electron chi connectivity index (χ4n) is 4.81. The molecule has 10 heteroatoms. The molecule has 0 saturated carbocycles. The Bertz CT molecular complexity index is 1630. The normalized spacial score (nSPS) is 11.9. The molecular weight excluding hydrogens is 578 g/mol. The van der Waals surface area contributed by atoms with E-state index in [1.165, 1.54) is 4.90 Å². The molecule has 0 aromatic heterocycles. The van der Waals surface area contributed by atoms with Crippen molar-refractivity contribution >= 4 is 21.8 Å². The first kappa shape index (κ1) is 32.2. The van der Waals surface area contributed by atoms with Gasteiger partial charge in [0.05, 0.1) is 27.0 Å². The van der Waals surface area contributed by atoms with Gasteiger partial charge in [-0.05, 0) is 34.9 Å². The maximum atomic E-state index is 14.2. The number of carbonyl (C=O) groups is 2. The minimum atomic E-state index is -3.78. The van der Waals surface area contributed by atoms with Crippen LogP contribution in [0.15, 0.2) is 109 Å². The number of amides is 2. The van der Waals surface area contributed by atoms with Gasteiger partial charge in [-0.25, -0.2) is 8.42 Å². The van der Waals surface area contributed by atoms with Crippen LogP contribution in [0, 0.1) is 0 Å². The quantitative estimate of drug-likeness (QED) is 0.223. The van der Waals surface area contributed by atoms with Crippen LogP contribution < -0.4 is 14.8 Å². The summed E-state index contributed by atoms with van der Waals surface area (Å²) in [6, 6.07) is 31.5. The predicted octanol–water partition coefficient (Wildman–Crippen LogP) is 4.55. The maximum Gasteiger partial charge on any atom is 0.247 e. The van der Waals surface area contributed by atoms with E-state index in [0.29, 0.717) is 17.1 Å². The van der Waals surface area contributed by atoms with E-state index in [2.05, 4.69) is 5.32 Å². The second-order valence-corrected chi connectivity index (χ2v) is 12.2. The predicted molar refractivity (Wildman–Crippen MR) is 169 cm³/mol. The topological polar surface area (TPSA) is 105 Å². The highest BCUT2D eigenvalue weighted by atomic mass is 32.2. The number of carbonyl (C=O) groups excluding carboxylic acids is 2. The number of para-hydroxylation sites is 1. The van der Waals surface area contributed by atoms with Gasteiger partial charge in [-0.3, -0.25) is 9.59 Å². The summed E-state index contributed by atoms with van der Waals surface area (Å²) in [5.74, 6) is 0.327. The largest absolute Gasteiger partial charge is 0.497 e. The van der Waals surface area contributed by atoms with E-state index in [0.717, 1.165) is 27.3 Å². The lowest BCUT2D eigenvalue weighted by molar-refractivity contribution is -0.141. The van der Waals surface area contributed by atoms with Crippen LogP contribution in [0.25, 0.3) is 0 Å². The Hall–Kier alpha value is -4.67. The number of benzene rings is 4. The van der Waals surface area contributed by atoms with Crippen molar-refractivity contribution in [2.24, 2.45) is 0 Å². The van der Waals surface area contributed by atoms with Crippen molar-refractivity contribution in [2.75, 3.05) is 27.0 Å². The molecule has 4 rings (SSSR count). The van der Waals surface area contributed by atoms with Gasteiger partial charge in [-0.2, -0.15) is 4.31 Å². The Kier molecular flexibility index (Phi) is 11.1. The lowest BCUT2D eigenvalue weighted by atomic mass is 10.0. The van der Waals surface area contributed by atoms with Gasteiger partial charge in [0, 0.05) is 25.2 Å². The Labute approximate surface area is 259 Å². The molecule has 1 N–H and O–H groups in total. The third-order valence-electron chi connectivity index (χ3n) is 7.14. The number of nitrogens with one attached hydrogen (secondary N) is 1. The minimum Gasteiger partial charge on any atom is -0.497 e. The second kappa shape index (κ2) is 15.2. The van der Waals surface area contributed by atoms with Gasteiger partial charge in [0.1, 0.15) is 17.5 Å². The molecule has 0 unspecified atom stereocenters. The number of hydrogen-bond acceptors (Lipinski definition) is 6. The number of hydrogen-bond donors (Lipinski definition) is 1. The number of nitrogens with zero attached hydrogens (tertiary/aromatic N) is 2. The SMILES string of the molecule is COc1ccc(CN(C(=O)CN(Cc2ccccc2)S(C)(=O)=O)[C@H](C(=O)NCc2ccccc2OC)c2ccccc2)cc1. The molecule has 0 heterocycles. The van der Waals surface area contributed by atoms with Gasteiger partial charge in [-0.15, -0.1) is 0 Å². The van der Waals surface area contributed by atoms with E-state index in [4.69, 9.17) is 9.47 Å². The van der Waals surface area contributed by atoms with E-state index < -0.39 is 34.4 Å². The van der Waals surface area contributed by atoms with Crippen LogP contribution in [0.2, 0.25) is 0 Å². The molecule has 2 amide bonds. The minimum absolute atomic E-state index is 0.0117. The van der Waals surface area contributed by atoms with Gasteiger partial charge in [0.2, 0.25) is 21.8 Å². The third kappa shape index (κ3) is 8.68. The van der Waals surface area contributed by atoms with E-state index in [9.17, 15) is 18.0 Å². The van der Waals surface area contributed by atoms with Crippen molar-refractivity contribution < 1.29 is 27.5 Å². The van der Waals surface area contributed by atoms with E-state index in [1.54, 1.807) is 62.8 Å². The molecule has 0 aliphatic carbocycles. The van der Waals surface area contributed by atoms with Crippen molar-refractivity contribution in [1.82, 2.24) is 14.5 Å². The lowest BCUT2D eigenvalue weighted by Gasteiger charge is -2.33. The first-order chi connectivity index (χ1) is 21.2. The zero-order valence-electron chi connectivity index (χ0n) is 25.1. The highest BCUT2D eigenvalue weighted by Gasteiger charge is 2.34. The van der Waals surface area contributed by atoms with Crippen molar-refractivity contribution in [2.45, 2.75) is 25.7 Å². The zero-order valence-corrected chi connectivity index (χ0v) is 25.9.